The highest BCUT2D eigenvalue weighted by Crippen LogP contribution is 2.19. The molecule has 1 aromatic carbocycles. The summed E-state index contributed by atoms with van der Waals surface area (Å²) in [6.45, 7) is 0.346. The Balaban J connectivity index is 1.57. The van der Waals surface area contributed by atoms with Crippen LogP contribution in [0.5, 0.6) is 5.88 Å². The van der Waals surface area contributed by atoms with Crippen LogP contribution in [0.1, 0.15) is 16.2 Å². The van der Waals surface area contributed by atoms with Crippen LogP contribution in [0, 0.1) is 0 Å². The van der Waals surface area contributed by atoms with Crippen LogP contribution in [0.25, 0.3) is 11.4 Å². The number of halogens is 1. The van der Waals surface area contributed by atoms with Gasteiger partial charge in [-0.05, 0) is 24.3 Å². The molecule has 0 bridgehead atoms. The van der Waals surface area contributed by atoms with Crippen molar-refractivity contribution in [1.29, 1.82) is 0 Å². The molecule has 0 spiro atoms. The van der Waals surface area contributed by atoms with Crippen LogP contribution < -0.4 is 10.1 Å². The SMILES string of the molecule is COc1nn(C)cc1C(=O)NCCc1nc(-c2ccc(Cl)cc2)no1. The molecule has 25 heavy (non-hydrogen) atoms. The van der Waals surface area contributed by atoms with E-state index in [-0.39, 0.29) is 11.8 Å². The quantitative estimate of drug-likeness (QED) is 0.722. The zero-order valence-electron chi connectivity index (χ0n) is 13.7. The van der Waals surface area contributed by atoms with Crippen LogP contribution in [0.4, 0.5) is 0 Å². The Kier molecular flexibility index (Phi) is 4.99. The van der Waals surface area contributed by atoms with Crippen molar-refractivity contribution in [1.82, 2.24) is 25.2 Å². The minimum Gasteiger partial charge on any atom is -0.479 e. The lowest BCUT2D eigenvalue weighted by molar-refractivity contribution is 0.0950. The van der Waals surface area contributed by atoms with Gasteiger partial charge in [0.15, 0.2) is 0 Å². The first-order valence-electron chi connectivity index (χ1n) is 7.51. The van der Waals surface area contributed by atoms with Gasteiger partial charge in [0.25, 0.3) is 5.91 Å². The van der Waals surface area contributed by atoms with Gasteiger partial charge in [0.1, 0.15) is 5.56 Å². The molecule has 2 aromatic heterocycles. The molecular formula is C16H16ClN5O3. The van der Waals surface area contributed by atoms with Gasteiger partial charge in [-0.3, -0.25) is 9.48 Å². The smallest absolute Gasteiger partial charge is 0.258 e. The fraction of sp³-hybridized carbons (Fsp3) is 0.250. The number of amides is 1. The number of benzene rings is 1. The zero-order valence-corrected chi connectivity index (χ0v) is 14.4. The lowest BCUT2D eigenvalue weighted by atomic mass is 10.2. The second-order valence-corrected chi connectivity index (χ2v) is 5.69. The molecule has 3 aromatic rings. The minimum atomic E-state index is -0.276. The number of nitrogens with one attached hydrogen (secondary N) is 1. The van der Waals surface area contributed by atoms with Crippen molar-refractivity contribution in [2.45, 2.75) is 6.42 Å². The number of hydrogen-bond acceptors (Lipinski definition) is 6. The van der Waals surface area contributed by atoms with Crippen molar-refractivity contribution in [3.63, 3.8) is 0 Å². The molecule has 0 aliphatic rings. The monoisotopic (exact) mass is 361 g/mol. The van der Waals surface area contributed by atoms with Gasteiger partial charge in [-0.2, -0.15) is 4.98 Å². The van der Waals surface area contributed by atoms with Crippen LogP contribution in [0.2, 0.25) is 5.02 Å². The average molecular weight is 362 g/mol. The van der Waals surface area contributed by atoms with E-state index in [0.29, 0.717) is 35.3 Å². The molecule has 0 atom stereocenters. The van der Waals surface area contributed by atoms with E-state index in [1.807, 2.05) is 12.1 Å². The fourth-order valence-electron chi connectivity index (χ4n) is 2.23. The Morgan fingerprint density at radius 1 is 1.36 bits per heavy atom. The highest BCUT2D eigenvalue weighted by atomic mass is 35.5. The maximum atomic E-state index is 12.2. The van der Waals surface area contributed by atoms with Crippen molar-refractivity contribution < 1.29 is 14.1 Å². The van der Waals surface area contributed by atoms with Gasteiger partial charge in [0, 0.05) is 36.8 Å². The third-order valence-electron chi connectivity index (χ3n) is 3.43. The fourth-order valence-corrected chi connectivity index (χ4v) is 2.35. The molecule has 0 unspecified atom stereocenters. The van der Waals surface area contributed by atoms with Gasteiger partial charge in [-0.1, -0.05) is 16.8 Å². The molecule has 1 N–H and O–H groups in total. The van der Waals surface area contributed by atoms with Gasteiger partial charge in [-0.15, -0.1) is 5.10 Å². The van der Waals surface area contributed by atoms with Crippen molar-refractivity contribution in [3.8, 4) is 17.3 Å². The molecule has 8 nitrogen and oxygen atoms in total. The molecular weight excluding hydrogens is 346 g/mol. The summed E-state index contributed by atoms with van der Waals surface area (Å²) in [5.74, 6) is 0.917. The van der Waals surface area contributed by atoms with E-state index in [4.69, 9.17) is 20.9 Å². The molecule has 9 heteroatoms. The summed E-state index contributed by atoms with van der Waals surface area (Å²) < 4.78 is 11.8. The summed E-state index contributed by atoms with van der Waals surface area (Å²) in [6, 6.07) is 7.14. The van der Waals surface area contributed by atoms with Crippen LogP contribution >= 0.6 is 11.6 Å². The summed E-state index contributed by atoms with van der Waals surface area (Å²) in [6.07, 6.45) is 2.01. The number of carbonyl (C=O) groups is 1. The van der Waals surface area contributed by atoms with E-state index in [2.05, 4.69) is 20.6 Å². The molecule has 0 aliphatic heterocycles. The third-order valence-corrected chi connectivity index (χ3v) is 3.68. The molecule has 1 amide bonds. The van der Waals surface area contributed by atoms with Crippen molar-refractivity contribution >= 4 is 17.5 Å². The number of aryl methyl sites for hydroxylation is 1. The van der Waals surface area contributed by atoms with Gasteiger partial charge in [0.2, 0.25) is 17.6 Å². The first kappa shape index (κ1) is 17.0. The Labute approximate surface area is 148 Å². The van der Waals surface area contributed by atoms with Crippen molar-refractivity contribution in [2.24, 2.45) is 7.05 Å². The van der Waals surface area contributed by atoms with E-state index in [0.717, 1.165) is 5.56 Å². The number of ether oxygens (including phenoxy) is 1. The summed E-state index contributed by atoms with van der Waals surface area (Å²) in [5, 5.41) is 11.4. The van der Waals surface area contributed by atoms with Crippen LogP contribution in [0.15, 0.2) is 35.0 Å². The second-order valence-electron chi connectivity index (χ2n) is 5.25. The van der Waals surface area contributed by atoms with E-state index in [1.165, 1.54) is 11.8 Å². The second kappa shape index (κ2) is 7.35. The van der Waals surface area contributed by atoms with Crippen molar-refractivity contribution in [3.05, 3.63) is 46.9 Å². The van der Waals surface area contributed by atoms with E-state index in [9.17, 15) is 4.79 Å². The van der Waals surface area contributed by atoms with Gasteiger partial charge >= 0.3 is 0 Å². The predicted molar refractivity (Wildman–Crippen MR) is 90.5 cm³/mol. The molecule has 0 aliphatic carbocycles. The summed E-state index contributed by atoms with van der Waals surface area (Å²) in [4.78, 5) is 16.5. The van der Waals surface area contributed by atoms with Crippen LogP contribution in [-0.2, 0) is 13.5 Å². The predicted octanol–water partition coefficient (Wildman–Crippen LogP) is 2.10. The first-order valence-corrected chi connectivity index (χ1v) is 7.89. The number of carbonyl (C=O) groups excluding carboxylic acids is 1. The molecule has 0 saturated heterocycles. The van der Waals surface area contributed by atoms with Crippen molar-refractivity contribution in [2.75, 3.05) is 13.7 Å². The molecule has 2 heterocycles. The van der Waals surface area contributed by atoms with Gasteiger partial charge < -0.3 is 14.6 Å². The highest BCUT2D eigenvalue weighted by Gasteiger charge is 2.16. The summed E-state index contributed by atoms with van der Waals surface area (Å²) >= 11 is 5.86. The number of hydrogen-bond donors (Lipinski definition) is 1. The summed E-state index contributed by atoms with van der Waals surface area (Å²) in [7, 11) is 3.19. The maximum Gasteiger partial charge on any atom is 0.258 e. The number of rotatable bonds is 6. The molecule has 0 radical (unpaired) electrons. The van der Waals surface area contributed by atoms with Crippen LogP contribution in [0.3, 0.4) is 0 Å². The lowest BCUT2D eigenvalue weighted by Gasteiger charge is -2.02. The Morgan fingerprint density at radius 3 is 2.84 bits per heavy atom. The maximum absolute atomic E-state index is 12.2. The third kappa shape index (κ3) is 3.97. The number of methoxy groups -OCH3 is 1. The molecule has 3 rings (SSSR count). The first-order chi connectivity index (χ1) is 12.1. The Morgan fingerprint density at radius 2 is 2.12 bits per heavy atom. The Bertz CT molecular complexity index is 872. The van der Waals surface area contributed by atoms with E-state index in [1.54, 1.807) is 25.4 Å². The number of aromatic nitrogens is 4. The molecule has 0 saturated carbocycles. The minimum absolute atomic E-state index is 0.276. The van der Waals surface area contributed by atoms with Gasteiger partial charge in [-0.25, -0.2) is 0 Å². The Hall–Kier alpha value is -2.87. The largest absolute Gasteiger partial charge is 0.479 e. The topological polar surface area (TPSA) is 95.1 Å². The van der Waals surface area contributed by atoms with Gasteiger partial charge in [0.05, 0.1) is 7.11 Å². The normalized spacial score (nSPS) is 10.7. The van der Waals surface area contributed by atoms with Crippen LogP contribution in [-0.4, -0.2) is 39.5 Å². The molecule has 0 fully saturated rings. The standard InChI is InChI=1S/C16H16ClN5O3/c1-22-9-12(16(20-22)24-2)15(23)18-8-7-13-19-14(21-25-13)10-3-5-11(17)6-4-10/h3-6,9H,7-8H2,1-2H3,(H,18,23). The van der Waals surface area contributed by atoms with E-state index < -0.39 is 0 Å². The van der Waals surface area contributed by atoms with E-state index >= 15 is 0 Å². The highest BCUT2D eigenvalue weighted by molar-refractivity contribution is 6.30. The zero-order chi connectivity index (χ0) is 17.8. The number of nitrogens with zero attached hydrogens (tertiary/aromatic N) is 4. The average Bonchev–Trinajstić information content (AvgIpc) is 3.22. The summed E-state index contributed by atoms with van der Waals surface area (Å²) in [5.41, 5.74) is 1.18. The molecule has 130 valence electrons. The lowest BCUT2D eigenvalue weighted by Crippen LogP contribution is -2.25.